The number of carbonyl (C=O) groups is 1. The molecule has 0 fully saturated rings. The Kier molecular flexibility index (Phi) is 3.61. The lowest BCUT2D eigenvalue weighted by molar-refractivity contribution is 0.102. The Morgan fingerprint density at radius 3 is 2.75 bits per heavy atom. The highest BCUT2D eigenvalue weighted by Gasteiger charge is 2.17. The van der Waals surface area contributed by atoms with E-state index in [2.05, 4.69) is 15.4 Å². The minimum atomic E-state index is -0.262. The van der Waals surface area contributed by atoms with Crippen molar-refractivity contribution in [3.8, 4) is 11.5 Å². The van der Waals surface area contributed by atoms with Gasteiger partial charge in [-0.05, 0) is 19.9 Å². The normalized spacial score (nSPS) is 13.2. The Labute approximate surface area is 142 Å². The zero-order valence-corrected chi connectivity index (χ0v) is 14.1. The summed E-state index contributed by atoms with van der Waals surface area (Å²) in [4.78, 5) is 16.8. The van der Waals surface area contributed by atoms with Gasteiger partial charge >= 0.3 is 0 Å². The van der Waals surface area contributed by atoms with E-state index in [9.17, 15) is 4.79 Å². The van der Waals surface area contributed by atoms with Crippen LogP contribution in [0.3, 0.4) is 0 Å². The zero-order chi connectivity index (χ0) is 16.7. The van der Waals surface area contributed by atoms with E-state index in [1.54, 1.807) is 10.7 Å². The zero-order valence-electron chi connectivity index (χ0n) is 13.3. The number of carbonyl (C=O) groups excluding carboxylic acids is 1. The van der Waals surface area contributed by atoms with Crippen molar-refractivity contribution in [3.05, 3.63) is 29.6 Å². The Balaban J connectivity index is 1.60. The molecule has 0 bridgehead atoms. The third kappa shape index (κ3) is 2.58. The molecular weight excluding hydrogens is 328 g/mol. The molecule has 0 radical (unpaired) electrons. The molecule has 124 valence electrons. The number of rotatable bonds is 3. The molecule has 7 nitrogen and oxygen atoms in total. The Morgan fingerprint density at radius 2 is 2.04 bits per heavy atom. The fourth-order valence-corrected chi connectivity index (χ4v) is 3.49. The molecule has 0 aliphatic carbocycles. The number of nitrogens with zero attached hydrogens (tertiary/aromatic N) is 3. The summed E-state index contributed by atoms with van der Waals surface area (Å²) in [5.74, 6) is 1.14. The summed E-state index contributed by atoms with van der Waals surface area (Å²) < 4.78 is 13.9. The van der Waals surface area contributed by atoms with Crippen LogP contribution in [0, 0.1) is 6.92 Å². The van der Waals surface area contributed by atoms with Crippen LogP contribution in [0.1, 0.15) is 23.1 Å². The first-order valence-corrected chi connectivity index (χ1v) is 8.51. The van der Waals surface area contributed by atoms with Gasteiger partial charge in [0.05, 0.1) is 10.2 Å². The van der Waals surface area contributed by atoms with Crippen molar-refractivity contribution in [3.63, 3.8) is 0 Å². The Bertz CT molecular complexity index is 888. The molecule has 0 unspecified atom stereocenters. The predicted molar refractivity (Wildman–Crippen MR) is 91.2 cm³/mol. The van der Waals surface area contributed by atoms with Crippen LogP contribution in [0.4, 0.5) is 5.13 Å². The van der Waals surface area contributed by atoms with Crippen LogP contribution >= 0.6 is 11.3 Å². The van der Waals surface area contributed by atoms with Crippen molar-refractivity contribution < 1.29 is 14.3 Å². The number of hydrogen-bond acceptors (Lipinski definition) is 6. The molecule has 24 heavy (non-hydrogen) atoms. The Hall–Kier alpha value is -2.61. The third-order valence-electron chi connectivity index (χ3n) is 3.79. The summed E-state index contributed by atoms with van der Waals surface area (Å²) in [5.41, 5.74) is 2.11. The summed E-state index contributed by atoms with van der Waals surface area (Å²) in [7, 11) is 0. The number of thiazole rings is 1. The minimum absolute atomic E-state index is 0.262. The van der Waals surface area contributed by atoms with Crippen LogP contribution in [-0.4, -0.2) is 33.9 Å². The molecule has 1 aliphatic rings. The second-order valence-corrected chi connectivity index (χ2v) is 6.45. The highest BCUT2D eigenvalue weighted by Crippen LogP contribution is 2.37. The van der Waals surface area contributed by atoms with Gasteiger partial charge in [-0.2, -0.15) is 5.10 Å². The monoisotopic (exact) mass is 344 g/mol. The lowest BCUT2D eigenvalue weighted by Gasteiger charge is -2.17. The maximum Gasteiger partial charge on any atom is 0.277 e. The fourth-order valence-electron chi connectivity index (χ4n) is 2.62. The van der Waals surface area contributed by atoms with E-state index >= 15 is 0 Å². The standard InChI is InChI=1S/C16H16N4O3S/c1-3-20-9(2)6-11(19-20)15(21)18-16-17-10-7-12-13(8-14(10)24-16)23-5-4-22-12/h6-8H,3-5H2,1-2H3,(H,17,18,21). The van der Waals surface area contributed by atoms with Crippen molar-refractivity contribution in [1.82, 2.24) is 14.8 Å². The van der Waals surface area contributed by atoms with E-state index in [1.807, 2.05) is 26.0 Å². The molecule has 1 aromatic carbocycles. The molecule has 2 aromatic heterocycles. The number of aromatic nitrogens is 3. The van der Waals surface area contributed by atoms with Crippen LogP contribution in [0.15, 0.2) is 18.2 Å². The van der Waals surface area contributed by atoms with Gasteiger partial charge in [-0.1, -0.05) is 11.3 Å². The van der Waals surface area contributed by atoms with Crippen molar-refractivity contribution >= 4 is 32.6 Å². The number of fused-ring (bicyclic) bond motifs is 2. The van der Waals surface area contributed by atoms with Gasteiger partial charge in [-0.3, -0.25) is 14.8 Å². The Morgan fingerprint density at radius 1 is 1.29 bits per heavy atom. The minimum Gasteiger partial charge on any atom is -0.486 e. The van der Waals surface area contributed by atoms with Gasteiger partial charge in [0.1, 0.15) is 13.2 Å². The molecule has 3 heterocycles. The van der Waals surface area contributed by atoms with E-state index in [0.29, 0.717) is 35.5 Å². The van der Waals surface area contributed by atoms with Crippen LogP contribution in [0.25, 0.3) is 10.2 Å². The molecule has 3 aromatic rings. The van der Waals surface area contributed by atoms with Crippen molar-refractivity contribution in [2.75, 3.05) is 18.5 Å². The molecule has 1 amide bonds. The number of anilines is 1. The number of nitrogens with one attached hydrogen (secondary N) is 1. The van der Waals surface area contributed by atoms with Gasteiger partial charge in [0.25, 0.3) is 5.91 Å². The summed E-state index contributed by atoms with van der Waals surface area (Å²) in [5, 5.41) is 7.63. The number of ether oxygens (including phenoxy) is 2. The molecule has 1 N–H and O–H groups in total. The SMILES string of the molecule is CCn1nc(C(=O)Nc2nc3cc4c(cc3s2)OCCO4)cc1C. The van der Waals surface area contributed by atoms with E-state index in [4.69, 9.17) is 9.47 Å². The fraction of sp³-hybridized carbons (Fsp3) is 0.312. The van der Waals surface area contributed by atoms with E-state index in [1.165, 1.54) is 11.3 Å². The van der Waals surface area contributed by atoms with Gasteiger partial charge in [-0.15, -0.1) is 0 Å². The van der Waals surface area contributed by atoms with Crippen LogP contribution in [-0.2, 0) is 6.54 Å². The molecule has 4 rings (SSSR count). The average molecular weight is 344 g/mol. The summed E-state index contributed by atoms with van der Waals surface area (Å²) in [6.45, 7) is 5.72. The van der Waals surface area contributed by atoms with Crippen molar-refractivity contribution in [1.29, 1.82) is 0 Å². The maximum absolute atomic E-state index is 12.4. The lowest BCUT2D eigenvalue weighted by atomic mass is 10.3. The highest BCUT2D eigenvalue weighted by molar-refractivity contribution is 7.22. The lowest BCUT2D eigenvalue weighted by Crippen LogP contribution is -2.15. The molecule has 8 heteroatoms. The van der Waals surface area contributed by atoms with E-state index in [-0.39, 0.29) is 5.91 Å². The van der Waals surface area contributed by atoms with Crippen molar-refractivity contribution in [2.24, 2.45) is 0 Å². The smallest absolute Gasteiger partial charge is 0.277 e. The molecule has 0 spiro atoms. The van der Waals surface area contributed by atoms with Gasteiger partial charge in [0.2, 0.25) is 0 Å². The number of benzene rings is 1. The quantitative estimate of drug-likeness (QED) is 0.790. The number of aryl methyl sites for hydroxylation is 2. The first kappa shape index (κ1) is 14.9. The van der Waals surface area contributed by atoms with Gasteiger partial charge in [0, 0.05) is 24.4 Å². The predicted octanol–water partition coefficient (Wildman–Crippen LogP) is 2.84. The van der Waals surface area contributed by atoms with Gasteiger partial charge < -0.3 is 9.47 Å². The van der Waals surface area contributed by atoms with Crippen molar-refractivity contribution in [2.45, 2.75) is 20.4 Å². The topological polar surface area (TPSA) is 78.3 Å². The summed E-state index contributed by atoms with van der Waals surface area (Å²) in [6, 6.07) is 5.51. The number of hydrogen-bond donors (Lipinski definition) is 1. The molecule has 0 saturated carbocycles. The van der Waals surface area contributed by atoms with E-state index < -0.39 is 0 Å². The summed E-state index contributed by atoms with van der Waals surface area (Å²) in [6.07, 6.45) is 0. The second-order valence-electron chi connectivity index (χ2n) is 5.42. The highest BCUT2D eigenvalue weighted by atomic mass is 32.1. The second kappa shape index (κ2) is 5.79. The van der Waals surface area contributed by atoms with E-state index in [0.717, 1.165) is 22.5 Å². The molecule has 0 atom stereocenters. The molecule has 0 saturated heterocycles. The van der Waals surface area contributed by atoms with Crippen LogP contribution in [0.2, 0.25) is 0 Å². The molecular formula is C16H16N4O3S. The maximum atomic E-state index is 12.4. The first-order valence-electron chi connectivity index (χ1n) is 7.70. The number of amides is 1. The first-order chi connectivity index (χ1) is 11.6. The van der Waals surface area contributed by atoms with Crippen LogP contribution < -0.4 is 14.8 Å². The largest absolute Gasteiger partial charge is 0.486 e. The summed E-state index contributed by atoms with van der Waals surface area (Å²) >= 11 is 1.40. The van der Waals surface area contributed by atoms with Crippen LogP contribution in [0.5, 0.6) is 11.5 Å². The average Bonchev–Trinajstić information content (AvgIpc) is 3.14. The van der Waals surface area contributed by atoms with Gasteiger partial charge in [-0.25, -0.2) is 4.98 Å². The molecule has 1 aliphatic heterocycles. The third-order valence-corrected chi connectivity index (χ3v) is 4.72. The van der Waals surface area contributed by atoms with Gasteiger partial charge in [0.15, 0.2) is 22.3 Å².